The molecular formula is C13H14N4O3. The standard InChI is InChI=1S/C13H14N4O3/c18-13(14-10-4-2-1-3-5-10)11-12(16-20-15-11)17-6-8-19-9-7-17/h1-5H,6-9H2,(H,14,18). The van der Waals surface area contributed by atoms with E-state index in [1.807, 2.05) is 23.1 Å². The normalized spacial score (nSPS) is 15.1. The van der Waals surface area contributed by atoms with Crippen molar-refractivity contribution in [1.29, 1.82) is 0 Å². The average Bonchev–Trinajstić information content (AvgIpc) is 2.99. The van der Waals surface area contributed by atoms with E-state index in [-0.39, 0.29) is 11.6 Å². The van der Waals surface area contributed by atoms with E-state index in [1.54, 1.807) is 12.1 Å². The van der Waals surface area contributed by atoms with Crippen LogP contribution in [-0.2, 0) is 4.74 Å². The quantitative estimate of drug-likeness (QED) is 0.904. The first-order valence-electron chi connectivity index (χ1n) is 6.36. The Hall–Kier alpha value is -2.41. The third kappa shape index (κ3) is 2.62. The fraction of sp³-hybridized carbons (Fsp3) is 0.308. The van der Waals surface area contributed by atoms with Crippen molar-refractivity contribution >= 4 is 17.4 Å². The Balaban J connectivity index is 1.77. The Morgan fingerprint density at radius 2 is 1.90 bits per heavy atom. The number of hydrogen-bond donors (Lipinski definition) is 1. The van der Waals surface area contributed by atoms with Gasteiger partial charge in [0.2, 0.25) is 11.5 Å². The van der Waals surface area contributed by atoms with E-state index in [0.29, 0.717) is 37.8 Å². The maximum atomic E-state index is 12.2. The minimum atomic E-state index is -0.334. The molecule has 7 nitrogen and oxygen atoms in total. The number of carbonyl (C=O) groups excluding carboxylic acids is 1. The summed E-state index contributed by atoms with van der Waals surface area (Å²) in [5, 5.41) is 10.3. The average molecular weight is 274 g/mol. The van der Waals surface area contributed by atoms with Gasteiger partial charge in [0.1, 0.15) is 0 Å². The molecule has 0 radical (unpaired) electrons. The molecule has 2 aromatic rings. The molecular weight excluding hydrogens is 260 g/mol. The van der Waals surface area contributed by atoms with Crippen LogP contribution in [0.1, 0.15) is 10.5 Å². The topological polar surface area (TPSA) is 80.5 Å². The minimum Gasteiger partial charge on any atom is -0.378 e. The van der Waals surface area contributed by atoms with Gasteiger partial charge in [-0.15, -0.1) is 0 Å². The van der Waals surface area contributed by atoms with Gasteiger partial charge < -0.3 is 15.0 Å². The van der Waals surface area contributed by atoms with Gasteiger partial charge in [0.25, 0.3) is 5.91 Å². The van der Waals surface area contributed by atoms with Gasteiger partial charge in [-0.1, -0.05) is 18.2 Å². The van der Waals surface area contributed by atoms with Crippen molar-refractivity contribution in [2.45, 2.75) is 0 Å². The van der Waals surface area contributed by atoms with Gasteiger partial charge in [0.15, 0.2) is 0 Å². The maximum Gasteiger partial charge on any atom is 0.281 e. The number of ether oxygens (including phenoxy) is 1. The molecule has 20 heavy (non-hydrogen) atoms. The molecule has 1 saturated heterocycles. The molecule has 0 atom stereocenters. The smallest absolute Gasteiger partial charge is 0.281 e. The van der Waals surface area contributed by atoms with E-state index in [4.69, 9.17) is 9.37 Å². The van der Waals surface area contributed by atoms with E-state index < -0.39 is 0 Å². The Labute approximate surface area is 115 Å². The molecule has 1 aliphatic rings. The Morgan fingerprint density at radius 1 is 1.15 bits per heavy atom. The summed E-state index contributed by atoms with van der Waals surface area (Å²) in [5.41, 5.74) is 0.893. The van der Waals surface area contributed by atoms with E-state index in [9.17, 15) is 4.79 Å². The lowest BCUT2D eigenvalue weighted by Gasteiger charge is -2.26. The number of amides is 1. The minimum absolute atomic E-state index is 0.191. The van der Waals surface area contributed by atoms with E-state index >= 15 is 0 Å². The van der Waals surface area contributed by atoms with Crippen LogP contribution in [0.15, 0.2) is 35.0 Å². The van der Waals surface area contributed by atoms with Crippen molar-refractivity contribution < 1.29 is 14.2 Å². The molecule has 1 N–H and O–H groups in total. The first-order chi connectivity index (χ1) is 9.84. The van der Waals surface area contributed by atoms with Crippen LogP contribution in [0.4, 0.5) is 11.5 Å². The zero-order valence-electron chi connectivity index (χ0n) is 10.8. The molecule has 1 fully saturated rings. The number of nitrogens with zero attached hydrogens (tertiary/aromatic N) is 3. The molecule has 3 rings (SSSR count). The Bertz CT molecular complexity index is 578. The number of benzene rings is 1. The molecule has 0 bridgehead atoms. The first-order valence-corrected chi connectivity index (χ1v) is 6.36. The second-order valence-corrected chi connectivity index (χ2v) is 4.36. The summed E-state index contributed by atoms with van der Waals surface area (Å²) in [4.78, 5) is 14.1. The third-order valence-corrected chi connectivity index (χ3v) is 3.03. The number of carbonyl (C=O) groups is 1. The van der Waals surface area contributed by atoms with E-state index in [0.717, 1.165) is 0 Å². The van der Waals surface area contributed by atoms with Gasteiger partial charge in [0, 0.05) is 18.8 Å². The molecule has 1 aliphatic heterocycles. The summed E-state index contributed by atoms with van der Waals surface area (Å²) < 4.78 is 9.99. The predicted octanol–water partition coefficient (Wildman–Crippen LogP) is 1.16. The molecule has 104 valence electrons. The van der Waals surface area contributed by atoms with E-state index in [2.05, 4.69) is 15.6 Å². The zero-order valence-corrected chi connectivity index (χ0v) is 10.8. The molecule has 0 aliphatic carbocycles. The highest BCUT2D eigenvalue weighted by Gasteiger charge is 2.24. The highest BCUT2D eigenvalue weighted by molar-refractivity contribution is 6.05. The van der Waals surface area contributed by atoms with Crippen LogP contribution < -0.4 is 10.2 Å². The Kier molecular flexibility index (Phi) is 3.60. The lowest BCUT2D eigenvalue weighted by Crippen LogP contribution is -2.37. The number of nitrogens with one attached hydrogen (secondary N) is 1. The summed E-state index contributed by atoms with van der Waals surface area (Å²) in [5.74, 6) is 0.126. The van der Waals surface area contributed by atoms with E-state index in [1.165, 1.54) is 0 Å². The van der Waals surface area contributed by atoms with Gasteiger partial charge in [-0.05, 0) is 22.4 Å². The largest absolute Gasteiger partial charge is 0.378 e. The second-order valence-electron chi connectivity index (χ2n) is 4.36. The Morgan fingerprint density at radius 3 is 2.65 bits per heavy atom. The van der Waals surface area contributed by atoms with Crippen LogP contribution >= 0.6 is 0 Å². The predicted molar refractivity (Wildman–Crippen MR) is 71.7 cm³/mol. The van der Waals surface area contributed by atoms with Crippen molar-refractivity contribution in [3.05, 3.63) is 36.0 Å². The monoisotopic (exact) mass is 274 g/mol. The van der Waals surface area contributed by atoms with Crippen LogP contribution in [-0.4, -0.2) is 42.5 Å². The van der Waals surface area contributed by atoms with Crippen LogP contribution in [0.3, 0.4) is 0 Å². The fourth-order valence-corrected chi connectivity index (χ4v) is 2.02. The van der Waals surface area contributed by atoms with Crippen LogP contribution in [0.25, 0.3) is 0 Å². The number of aromatic nitrogens is 2. The summed E-state index contributed by atoms with van der Waals surface area (Å²) in [6.45, 7) is 2.54. The van der Waals surface area contributed by atoms with Gasteiger partial charge in [0.05, 0.1) is 13.2 Å². The van der Waals surface area contributed by atoms with Gasteiger partial charge in [-0.3, -0.25) is 4.79 Å². The molecule has 7 heteroatoms. The van der Waals surface area contributed by atoms with Crippen molar-refractivity contribution in [3.8, 4) is 0 Å². The van der Waals surface area contributed by atoms with Crippen molar-refractivity contribution in [2.24, 2.45) is 0 Å². The lowest BCUT2D eigenvalue weighted by atomic mass is 10.3. The maximum absolute atomic E-state index is 12.2. The van der Waals surface area contributed by atoms with Crippen molar-refractivity contribution in [3.63, 3.8) is 0 Å². The fourth-order valence-electron chi connectivity index (χ4n) is 2.02. The molecule has 1 aromatic heterocycles. The first kappa shape index (κ1) is 12.6. The molecule has 1 aromatic carbocycles. The summed E-state index contributed by atoms with van der Waals surface area (Å²) in [6, 6.07) is 9.19. The highest BCUT2D eigenvalue weighted by Crippen LogP contribution is 2.18. The molecule has 1 amide bonds. The van der Waals surface area contributed by atoms with Gasteiger partial charge in [-0.2, -0.15) is 0 Å². The zero-order chi connectivity index (χ0) is 13.8. The lowest BCUT2D eigenvalue weighted by molar-refractivity contribution is 0.101. The number of para-hydroxylation sites is 1. The molecule has 0 unspecified atom stereocenters. The van der Waals surface area contributed by atoms with Gasteiger partial charge in [-0.25, -0.2) is 4.63 Å². The van der Waals surface area contributed by atoms with Gasteiger partial charge >= 0.3 is 0 Å². The van der Waals surface area contributed by atoms with Crippen molar-refractivity contribution in [2.75, 3.05) is 36.5 Å². The van der Waals surface area contributed by atoms with Crippen LogP contribution in [0.5, 0.6) is 0 Å². The second kappa shape index (κ2) is 5.70. The number of morpholine rings is 1. The number of hydrogen-bond acceptors (Lipinski definition) is 6. The van der Waals surface area contributed by atoms with Crippen LogP contribution in [0, 0.1) is 0 Å². The molecule has 0 spiro atoms. The molecule has 2 heterocycles. The van der Waals surface area contributed by atoms with Crippen molar-refractivity contribution in [1.82, 2.24) is 10.3 Å². The molecule has 0 saturated carbocycles. The SMILES string of the molecule is O=C(Nc1ccccc1)c1nonc1N1CCOCC1. The highest BCUT2D eigenvalue weighted by atomic mass is 16.6. The summed E-state index contributed by atoms with van der Waals surface area (Å²) >= 11 is 0. The third-order valence-electron chi connectivity index (χ3n) is 3.03. The number of anilines is 2. The summed E-state index contributed by atoms with van der Waals surface area (Å²) in [7, 11) is 0. The summed E-state index contributed by atoms with van der Waals surface area (Å²) in [6.07, 6.45) is 0. The van der Waals surface area contributed by atoms with Crippen LogP contribution in [0.2, 0.25) is 0 Å². The number of rotatable bonds is 3.